The summed E-state index contributed by atoms with van der Waals surface area (Å²) in [5.41, 5.74) is 13.8. The monoisotopic (exact) mass is 1020 g/mol. The third-order valence-corrected chi connectivity index (χ3v) is 13.5. The minimum absolute atomic E-state index is 0.00151. The molecule has 5 aliphatic heterocycles. The van der Waals surface area contributed by atoms with E-state index in [-0.39, 0.29) is 93.6 Å². The van der Waals surface area contributed by atoms with Gasteiger partial charge in [0.25, 0.3) is 5.91 Å². The minimum Gasteiger partial charge on any atom is -0.480 e. The average molecular weight is 1020 g/mol. The van der Waals surface area contributed by atoms with Gasteiger partial charge in [0.2, 0.25) is 41.4 Å². The third-order valence-electron chi connectivity index (χ3n) is 13.5. The van der Waals surface area contributed by atoms with E-state index in [0.29, 0.717) is 51.0 Å². The number of nitrogens with two attached hydrogens (primary N) is 2. The van der Waals surface area contributed by atoms with E-state index in [9.17, 15) is 43.5 Å². The van der Waals surface area contributed by atoms with Crippen molar-refractivity contribution in [2.24, 2.45) is 22.4 Å². The summed E-state index contributed by atoms with van der Waals surface area (Å²) in [4.78, 5) is 140. The zero-order chi connectivity index (χ0) is 53.7. The standard InChI is InChI=1S/C50H66N14O10/c1-23(2)17-33-44(68)61-39(25(5)6)46(70)59-34-20-29-28-12-11-26(38(24(3)4)40(47(71)58-33)62-43(67)31-13-14-37(65)55-31)18-32(28)56-41(29)63-21-27(54-22-63)19-35(49(73)74)60-42(66)30(9-7-15-53-50(51)52)57-45(69)36-10-8-16-64(36)48(34)72/h11-12,18,21-23,30-31,33-36,40,56H,7-10,13-17,19-20H2,1-6H3,(H,55,65)(H,57,69)(H,58,71)(H,59,70)(H,60,66)(H,61,68)(H,62,67)(H,73,74)(H4,51,52,53). The summed E-state index contributed by atoms with van der Waals surface area (Å²) in [6.45, 7) is 10.6. The fraction of sp³-hybridized carbons (Fsp3) is 0.500. The SMILES string of the molecule is CC(C)=C1NC(=O)C(CC(C)C)NC(=O)C(NC(=O)C2CCC(=O)N2)C(=C(C)C)c2ccc3c4c([nH]c3c2)-n2cnc(c2)CC(C(=O)O)NC(=O)C(CCCN=C(N)N)NC(=O)C2CCCN2C(=O)C(C4)NC1=O. The molecular weight excluding hydrogens is 957 g/mol. The lowest BCUT2D eigenvalue weighted by molar-refractivity contribution is -0.143. The molecule has 2 fully saturated rings. The number of nitrogens with one attached hydrogen (secondary N) is 8. The molecule has 396 valence electrons. The number of aromatic amines is 1. The van der Waals surface area contributed by atoms with E-state index in [1.54, 1.807) is 56.7 Å². The Kier molecular flexibility index (Phi) is 16.6. The van der Waals surface area contributed by atoms with E-state index in [4.69, 9.17) is 11.5 Å². The van der Waals surface area contributed by atoms with E-state index in [0.717, 1.165) is 0 Å². The van der Waals surface area contributed by atoms with Gasteiger partial charge in [-0.2, -0.15) is 0 Å². The van der Waals surface area contributed by atoms with Crippen molar-refractivity contribution in [1.29, 1.82) is 0 Å². The number of hydrogen-bond acceptors (Lipinski definition) is 11. The molecule has 5 aliphatic rings. The number of imidazole rings is 1. The topological polar surface area (TPSA) is 359 Å². The summed E-state index contributed by atoms with van der Waals surface area (Å²) in [7, 11) is 0. The lowest BCUT2D eigenvalue weighted by Crippen LogP contribution is -2.58. The van der Waals surface area contributed by atoms with Gasteiger partial charge in [-0.3, -0.25) is 47.9 Å². The highest BCUT2D eigenvalue weighted by molar-refractivity contribution is 6.06. The van der Waals surface area contributed by atoms with Crippen LogP contribution in [0.2, 0.25) is 0 Å². The number of aliphatic carboxylic acids is 1. The molecule has 74 heavy (non-hydrogen) atoms. The quantitative estimate of drug-likeness (QED) is 0.0426. The van der Waals surface area contributed by atoms with Gasteiger partial charge in [0.05, 0.1) is 5.69 Å². The summed E-state index contributed by atoms with van der Waals surface area (Å²) in [6.07, 6.45) is 3.74. The molecule has 2 saturated heterocycles. The van der Waals surface area contributed by atoms with Crippen LogP contribution in [-0.4, -0.2) is 139 Å². The van der Waals surface area contributed by atoms with Crippen LogP contribution in [0.15, 0.2) is 52.6 Å². The Hall–Kier alpha value is -8.05. The number of carboxylic acid groups (broad SMARTS) is 1. The van der Waals surface area contributed by atoms with Gasteiger partial charge in [-0.1, -0.05) is 31.6 Å². The van der Waals surface area contributed by atoms with Gasteiger partial charge in [0, 0.05) is 55.0 Å². The highest BCUT2D eigenvalue weighted by Crippen LogP contribution is 2.33. The minimum atomic E-state index is -1.50. The van der Waals surface area contributed by atoms with Crippen molar-refractivity contribution in [3.63, 3.8) is 0 Å². The Morgan fingerprint density at radius 3 is 2.28 bits per heavy atom. The third kappa shape index (κ3) is 12.2. The van der Waals surface area contributed by atoms with Gasteiger partial charge in [-0.15, -0.1) is 0 Å². The zero-order valence-electron chi connectivity index (χ0n) is 42.3. The molecule has 13 N–H and O–H groups in total. The molecule has 24 nitrogen and oxygen atoms in total. The maximum Gasteiger partial charge on any atom is 0.326 e. The fourth-order valence-electron chi connectivity index (χ4n) is 9.93. The van der Waals surface area contributed by atoms with Gasteiger partial charge >= 0.3 is 5.97 Å². The second kappa shape index (κ2) is 22.8. The van der Waals surface area contributed by atoms with Crippen LogP contribution < -0.4 is 48.7 Å². The highest BCUT2D eigenvalue weighted by Gasteiger charge is 2.41. The van der Waals surface area contributed by atoms with E-state index in [1.807, 2.05) is 13.8 Å². The number of H-pyrrole nitrogens is 1. The van der Waals surface area contributed by atoms with Crippen molar-refractivity contribution in [2.45, 2.75) is 142 Å². The van der Waals surface area contributed by atoms with E-state index < -0.39 is 89.6 Å². The van der Waals surface area contributed by atoms with Crippen LogP contribution in [0.4, 0.5) is 0 Å². The van der Waals surface area contributed by atoms with Crippen LogP contribution in [0, 0.1) is 5.92 Å². The molecule has 7 heterocycles. The summed E-state index contributed by atoms with van der Waals surface area (Å²) in [5, 5.41) is 30.2. The number of guanidine groups is 1. The number of aromatic nitrogens is 3. The molecule has 7 bridgehead atoms. The first kappa shape index (κ1) is 53.7. The van der Waals surface area contributed by atoms with Crippen molar-refractivity contribution in [3.05, 3.63) is 64.4 Å². The average Bonchev–Trinajstić information content (AvgIpc) is 4.17. The number of hydrogen-bond donors (Lipinski definition) is 11. The Labute approximate surface area is 426 Å². The predicted octanol–water partition coefficient (Wildman–Crippen LogP) is -0.453. The molecule has 8 amide bonds. The van der Waals surface area contributed by atoms with Gasteiger partial charge in [0.1, 0.15) is 60.1 Å². The molecule has 7 atom stereocenters. The van der Waals surface area contributed by atoms with Crippen LogP contribution in [0.3, 0.4) is 0 Å². The number of benzene rings is 1. The number of aliphatic imine (C=N–C) groups is 1. The number of allylic oxidation sites excluding steroid dienone is 2. The predicted molar refractivity (Wildman–Crippen MR) is 270 cm³/mol. The molecule has 0 radical (unpaired) electrons. The highest BCUT2D eigenvalue weighted by atomic mass is 16.4. The number of carbonyl (C=O) groups excluding carboxylic acids is 8. The first-order chi connectivity index (χ1) is 35.1. The lowest BCUT2D eigenvalue weighted by atomic mass is 9.91. The molecule has 1 aromatic carbocycles. The van der Waals surface area contributed by atoms with Gasteiger partial charge < -0.3 is 63.7 Å². The second-order valence-corrected chi connectivity index (χ2v) is 20.1. The van der Waals surface area contributed by atoms with Crippen molar-refractivity contribution in [2.75, 3.05) is 13.1 Å². The molecule has 7 unspecified atom stereocenters. The number of nitrogens with zero attached hydrogens (tertiary/aromatic N) is 4. The van der Waals surface area contributed by atoms with Crippen LogP contribution >= 0.6 is 0 Å². The molecule has 0 aliphatic carbocycles. The van der Waals surface area contributed by atoms with Crippen molar-refractivity contribution in [3.8, 4) is 5.82 Å². The number of rotatable bonds is 9. The molecule has 24 heteroatoms. The maximum absolute atomic E-state index is 15.3. The Balaban J connectivity index is 1.42. The molecule has 2 aromatic heterocycles. The number of amides is 8. The van der Waals surface area contributed by atoms with Crippen LogP contribution in [0.25, 0.3) is 22.3 Å². The molecular formula is C50H66N14O10. The summed E-state index contributed by atoms with van der Waals surface area (Å²) in [6, 6.07) is -3.58. The Morgan fingerprint density at radius 2 is 1.62 bits per heavy atom. The van der Waals surface area contributed by atoms with Gasteiger partial charge in [-0.25, -0.2) is 9.78 Å². The molecule has 0 saturated carbocycles. The fourth-order valence-corrected chi connectivity index (χ4v) is 9.93. The first-order valence-corrected chi connectivity index (χ1v) is 24.8. The Bertz CT molecular complexity index is 2850. The van der Waals surface area contributed by atoms with Crippen molar-refractivity contribution in [1.82, 2.24) is 56.7 Å². The van der Waals surface area contributed by atoms with Crippen molar-refractivity contribution >= 4 is 75.7 Å². The zero-order valence-corrected chi connectivity index (χ0v) is 42.3. The van der Waals surface area contributed by atoms with Gasteiger partial charge in [-0.05, 0) is 94.9 Å². The van der Waals surface area contributed by atoms with Crippen LogP contribution in [0.1, 0.15) is 103 Å². The maximum atomic E-state index is 15.3. The number of carboxylic acids is 1. The number of carbonyl (C=O) groups is 9. The van der Waals surface area contributed by atoms with Crippen LogP contribution in [0.5, 0.6) is 0 Å². The lowest BCUT2D eigenvalue weighted by Gasteiger charge is -2.30. The summed E-state index contributed by atoms with van der Waals surface area (Å²) >= 11 is 0. The van der Waals surface area contributed by atoms with E-state index >= 15 is 4.79 Å². The van der Waals surface area contributed by atoms with E-state index in [1.165, 1.54) is 11.2 Å². The van der Waals surface area contributed by atoms with Crippen LogP contribution in [-0.2, 0) is 56.0 Å². The van der Waals surface area contributed by atoms with E-state index in [2.05, 4.69) is 52.2 Å². The smallest absolute Gasteiger partial charge is 0.326 e. The normalized spacial score (nSPS) is 24.1. The number of fused-ring (bicyclic) bond motifs is 14. The summed E-state index contributed by atoms with van der Waals surface area (Å²) < 4.78 is 1.59. The molecule has 3 aromatic rings. The molecule has 0 spiro atoms. The second-order valence-electron chi connectivity index (χ2n) is 20.1. The molecule has 8 rings (SSSR count). The van der Waals surface area contributed by atoms with Crippen molar-refractivity contribution < 1.29 is 48.3 Å². The largest absolute Gasteiger partial charge is 0.480 e. The first-order valence-electron chi connectivity index (χ1n) is 24.8. The summed E-state index contributed by atoms with van der Waals surface area (Å²) in [5.74, 6) is -6.73. The Morgan fingerprint density at radius 1 is 0.878 bits per heavy atom. The van der Waals surface area contributed by atoms with Gasteiger partial charge in [0.15, 0.2) is 5.96 Å².